The van der Waals surface area contributed by atoms with Crippen molar-refractivity contribution < 1.29 is 95.5 Å². The number of hydrogen-bond donors (Lipinski definition) is 11. The average Bonchev–Trinajstić information content (AvgIpc) is 3.67. The van der Waals surface area contributed by atoms with Gasteiger partial charge < -0.3 is 61.1 Å². The number of aromatic nitrogens is 4. The van der Waals surface area contributed by atoms with Crippen LogP contribution in [0.3, 0.4) is 0 Å². The van der Waals surface area contributed by atoms with E-state index in [4.69, 9.17) is 24.6 Å². The van der Waals surface area contributed by atoms with Crippen molar-refractivity contribution in [1.82, 2.24) is 30.2 Å². The molecular weight excluding hydrogens is 855 g/mol. The fraction of sp³-hybridized carbons (Fsp3) is 0.654. The summed E-state index contributed by atoms with van der Waals surface area (Å²) in [4.78, 5) is 98.1. The van der Waals surface area contributed by atoms with Crippen LogP contribution in [0.25, 0.3) is 11.2 Å². The number of carbonyl (C=O) groups excluding carboxylic acids is 3. The van der Waals surface area contributed by atoms with Crippen molar-refractivity contribution in [3.63, 3.8) is 0 Å². The molecule has 31 heteroatoms. The largest absolute Gasteiger partial charge is 0.481 e. The first-order valence-electron chi connectivity index (χ1n) is 16.2. The predicted molar refractivity (Wildman–Crippen MR) is 190 cm³/mol. The molecular formula is C26H42N7O20P3S. The molecule has 0 aliphatic carbocycles. The third-order valence-corrected chi connectivity index (χ3v) is 12.0. The molecule has 3 rings (SSSR count). The molecule has 3 heterocycles. The van der Waals surface area contributed by atoms with E-state index in [1.807, 2.05) is 0 Å². The second-order valence-electron chi connectivity index (χ2n) is 12.8. The molecule has 27 nitrogen and oxygen atoms in total. The van der Waals surface area contributed by atoms with Gasteiger partial charge in [-0.25, -0.2) is 33.4 Å². The number of carboxylic acid groups (broad SMARTS) is 1. The zero-order chi connectivity index (χ0) is 43.1. The molecule has 57 heavy (non-hydrogen) atoms. The first-order chi connectivity index (χ1) is 26.2. The molecule has 1 aliphatic rings. The van der Waals surface area contributed by atoms with Crippen molar-refractivity contribution in [2.45, 2.75) is 63.9 Å². The van der Waals surface area contributed by atoms with E-state index >= 15 is 0 Å². The van der Waals surface area contributed by atoms with Gasteiger partial charge in [0.1, 0.15) is 36.3 Å². The number of aliphatic hydroxyl groups excluding tert-OH is 3. The molecule has 0 saturated carbocycles. The number of aliphatic carboxylic acids is 1. The highest BCUT2D eigenvalue weighted by Gasteiger charge is 2.50. The molecule has 2 amide bonds. The van der Waals surface area contributed by atoms with Crippen LogP contribution >= 0.6 is 35.2 Å². The van der Waals surface area contributed by atoms with Crippen LogP contribution in [0.2, 0.25) is 0 Å². The number of phosphoric ester groups is 3. The summed E-state index contributed by atoms with van der Waals surface area (Å²) in [6.07, 6.45) is -9.08. The fourth-order valence-electron chi connectivity index (χ4n) is 4.76. The number of ether oxygens (including phenoxy) is 1. The second kappa shape index (κ2) is 19.8. The lowest BCUT2D eigenvalue weighted by atomic mass is 9.87. The van der Waals surface area contributed by atoms with Crippen molar-refractivity contribution in [3.05, 3.63) is 12.7 Å². The number of nitrogens with one attached hydrogen (secondary N) is 2. The van der Waals surface area contributed by atoms with Gasteiger partial charge >= 0.3 is 29.4 Å². The van der Waals surface area contributed by atoms with Gasteiger partial charge in [0.2, 0.25) is 11.8 Å². The number of hydrogen-bond acceptors (Lipinski definition) is 20. The molecule has 12 N–H and O–H groups in total. The number of rotatable bonds is 22. The molecule has 4 unspecified atom stereocenters. The number of anilines is 1. The number of carboxylic acids is 1. The van der Waals surface area contributed by atoms with Crippen LogP contribution in [0.15, 0.2) is 12.7 Å². The van der Waals surface area contributed by atoms with Crippen LogP contribution in [0.4, 0.5) is 5.82 Å². The van der Waals surface area contributed by atoms with Gasteiger partial charge in [-0.3, -0.25) is 32.5 Å². The lowest BCUT2D eigenvalue weighted by molar-refractivity contribution is -0.151. The summed E-state index contributed by atoms with van der Waals surface area (Å²) in [6, 6.07) is 0. The Bertz CT molecular complexity index is 1920. The number of nitrogens with two attached hydrogens (primary N) is 1. The van der Waals surface area contributed by atoms with E-state index in [1.165, 1.54) is 20.8 Å². The molecule has 1 fully saturated rings. The maximum Gasteiger partial charge on any atom is 0.481 e. The molecule has 2 aromatic rings. The number of amides is 2. The Morgan fingerprint density at radius 3 is 2.32 bits per heavy atom. The number of imidazole rings is 1. The minimum Gasteiger partial charge on any atom is -0.479 e. The van der Waals surface area contributed by atoms with Gasteiger partial charge in [-0.1, -0.05) is 32.5 Å². The van der Waals surface area contributed by atoms with Crippen molar-refractivity contribution in [2.75, 3.05) is 37.8 Å². The van der Waals surface area contributed by atoms with E-state index in [9.17, 15) is 67.8 Å². The highest BCUT2D eigenvalue weighted by Crippen LogP contribution is 2.61. The molecule has 2 aromatic heterocycles. The zero-order valence-corrected chi connectivity index (χ0v) is 33.5. The van der Waals surface area contributed by atoms with Gasteiger partial charge in [0, 0.05) is 30.7 Å². The van der Waals surface area contributed by atoms with Gasteiger partial charge in [-0.05, 0) is 0 Å². The summed E-state index contributed by atoms with van der Waals surface area (Å²) in [5.74, 6) is -4.35. The normalized spacial score (nSPS) is 22.6. The second-order valence-corrected chi connectivity index (χ2v) is 18.1. The maximum absolute atomic E-state index is 12.7. The third-order valence-electron chi connectivity index (χ3n) is 7.84. The van der Waals surface area contributed by atoms with Gasteiger partial charge in [0.05, 0.1) is 25.5 Å². The Morgan fingerprint density at radius 2 is 1.68 bits per heavy atom. The highest BCUT2D eigenvalue weighted by molar-refractivity contribution is 8.13. The van der Waals surface area contributed by atoms with Gasteiger partial charge in [0.15, 0.2) is 28.9 Å². The topological polar surface area (TPSA) is 421 Å². The quantitative estimate of drug-likeness (QED) is 0.0439. The predicted octanol–water partition coefficient (Wildman–Crippen LogP) is -2.25. The number of nitrogen functional groups attached to an aromatic ring is 1. The highest BCUT2D eigenvalue weighted by atomic mass is 32.2. The minimum atomic E-state index is -5.60. The summed E-state index contributed by atoms with van der Waals surface area (Å²) in [7, 11) is -16.5. The number of carbonyl (C=O) groups is 4. The van der Waals surface area contributed by atoms with Gasteiger partial charge in [-0.2, -0.15) is 4.31 Å². The lowest BCUT2D eigenvalue weighted by Gasteiger charge is -2.30. The summed E-state index contributed by atoms with van der Waals surface area (Å²) in [6.45, 7) is 1.26. The fourth-order valence-corrected chi connectivity index (χ4v) is 8.38. The molecule has 1 saturated heterocycles. The summed E-state index contributed by atoms with van der Waals surface area (Å²) in [5, 5.41) is 43.7. The molecule has 0 aromatic carbocycles. The zero-order valence-electron chi connectivity index (χ0n) is 30.0. The lowest BCUT2D eigenvalue weighted by Crippen LogP contribution is -2.46. The van der Waals surface area contributed by atoms with Crippen molar-refractivity contribution in [2.24, 2.45) is 11.3 Å². The molecule has 9 atom stereocenters. The number of aliphatic hydroxyl groups is 3. The van der Waals surface area contributed by atoms with Gasteiger partial charge in [-0.15, -0.1) is 0 Å². The van der Waals surface area contributed by atoms with Crippen LogP contribution < -0.4 is 16.4 Å². The Hall–Kier alpha value is -3.01. The van der Waals surface area contributed by atoms with Crippen molar-refractivity contribution >= 4 is 75.1 Å². The van der Waals surface area contributed by atoms with E-state index in [0.29, 0.717) is 11.8 Å². The van der Waals surface area contributed by atoms with E-state index < -0.39 is 108 Å². The van der Waals surface area contributed by atoms with Crippen LogP contribution in [0.1, 0.15) is 33.4 Å². The molecule has 322 valence electrons. The average molecular weight is 898 g/mol. The number of nitrogens with zero attached hydrogens (tertiary/aromatic N) is 4. The van der Waals surface area contributed by atoms with E-state index in [2.05, 4.69) is 34.4 Å². The molecule has 0 bridgehead atoms. The minimum absolute atomic E-state index is 0.0129. The Balaban J connectivity index is 1.48. The molecule has 0 radical (unpaired) electrons. The maximum atomic E-state index is 12.7. The van der Waals surface area contributed by atoms with E-state index in [0.717, 1.165) is 17.2 Å². The van der Waals surface area contributed by atoms with Crippen molar-refractivity contribution in [3.8, 4) is 0 Å². The number of fused-ring (bicyclic) bond motifs is 1. The number of phosphoric acid groups is 3. The summed E-state index contributed by atoms with van der Waals surface area (Å²) < 4.78 is 61.9. The Kier molecular flexibility index (Phi) is 16.8. The standard InChI is InChI=1S/C26H42N7O20P3S/c1-12(16(35)24(39)40)25(41)57-7-6-28-14(34)4-5-29-22(38)19(37)26(2,3)9-50-56(47,48)53-55(45,46)49-8-13-18(52-54(42,43)44)17(36)23(51-13)33-11-32-15-20(27)30-10-31-21(15)33/h10-13,16-19,23,35-37H,4-9H2,1-3H3,(H,28,34)(H,29,38)(H,39,40)(H,45,46)(H,47,48)(H2,27,30,31)(H2,42,43,44)/t12?,13-,16?,17-,18-,19+,23+/m1/s1. The number of thioether (sulfide) groups is 1. The monoisotopic (exact) mass is 897 g/mol. The van der Waals surface area contributed by atoms with Crippen LogP contribution in [-0.2, 0) is 55.5 Å². The smallest absolute Gasteiger partial charge is 0.479 e. The van der Waals surface area contributed by atoms with Crippen molar-refractivity contribution in [1.29, 1.82) is 0 Å². The third kappa shape index (κ3) is 14.1. The Labute approximate surface area is 326 Å². The van der Waals surface area contributed by atoms with Crippen LogP contribution in [0, 0.1) is 11.3 Å². The molecule has 0 spiro atoms. The molecule has 1 aliphatic heterocycles. The Morgan fingerprint density at radius 1 is 1.04 bits per heavy atom. The summed E-state index contributed by atoms with van der Waals surface area (Å²) >= 11 is 0.701. The summed E-state index contributed by atoms with van der Waals surface area (Å²) in [5.41, 5.74) is 4.16. The first kappa shape index (κ1) is 48.4. The van der Waals surface area contributed by atoms with Crippen LogP contribution in [-0.4, -0.2) is 145 Å². The van der Waals surface area contributed by atoms with Gasteiger partial charge in [0.25, 0.3) is 0 Å². The van der Waals surface area contributed by atoms with E-state index in [-0.39, 0.29) is 42.2 Å². The first-order valence-corrected chi connectivity index (χ1v) is 21.7. The van der Waals surface area contributed by atoms with E-state index in [1.54, 1.807) is 0 Å². The SMILES string of the molecule is CC(C(=O)SCCNC(=O)CCNC(=O)[C@H](O)C(C)(C)COP(=O)(O)OP(=O)(O)OC[C@H]1O[C@H](n2cnc3c(N)ncnc32)[C@H](O)[C@@H]1OP(=O)(O)O)C(O)C(=O)O. The van der Waals surface area contributed by atoms with Crippen LogP contribution in [0.5, 0.6) is 0 Å².